The van der Waals surface area contributed by atoms with Crippen molar-refractivity contribution in [3.63, 3.8) is 0 Å². The number of nitrogens with zero attached hydrogens (tertiary/aromatic N) is 1. The molecule has 1 aromatic heterocycles. The van der Waals surface area contributed by atoms with Crippen LogP contribution in [0.2, 0.25) is 0 Å². The lowest BCUT2D eigenvalue weighted by Crippen LogP contribution is -2.32. The van der Waals surface area contributed by atoms with Crippen LogP contribution in [0.15, 0.2) is 6.20 Å². The highest BCUT2D eigenvalue weighted by molar-refractivity contribution is 5.96. The molecule has 6 heteroatoms. The van der Waals surface area contributed by atoms with Gasteiger partial charge in [0.05, 0.1) is 18.0 Å². The minimum absolute atomic E-state index is 0.0249. The predicted octanol–water partition coefficient (Wildman–Crippen LogP) is -0.243. The third-order valence-corrected chi connectivity index (χ3v) is 1.85. The number of rotatable bonds is 4. The largest absolute Gasteiger partial charge is 0.396 e. The van der Waals surface area contributed by atoms with Crippen LogP contribution in [0.1, 0.15) is 17.4 Å². The Balaban J connectivity index is 2.47. The zero-order valence-corrected chi connectivity index (χ0v) is 8.20. The lowest BCUT2D eigenvalue weighted by molar-refractivity contribution is 0.0867. The fourth-order valence-electron chi connectivity index (χ4n) is 0.885. The van der Waals surface area contributed by atoms with E-state index in [9.17, 15) is 4.79 Å². The SMILES string of the molecule is COC(C)CNC(=O)c1[nH]ncc1N. The molecule has 0 aromatic carbocycles. The summed E-state index contributed by atoms with van der Waals surface area (Å²) in [5.41, 5.74) is 6.12. The van der Waals surface area contributed by atoms with Crippen LogP contribution in [-0.4, -0.2) is 35.9 Å². The number of amides is 1. The van der Waals surface area contributed by atoms with Gasteiger partial charge in [-0.05, 0) is 6.92 Å². The number of carbonyl (C=O) groups is 1. The molecule has 1 rings (SSSR count). The molecule has 0 radical (unpaired) electrons. The van der Waals surface area contributed by atoms with Crippen molar-refractivity contribution in [2.24, 2.45) is 0 Å². The zero-order chi connectivity index (χ0) is 10.6. The highest BCUT2D eigenvalue weighted by atomic mass is 16.5. The van der Waals surface area contributed by atoms with Crippen LogP contribution in [0.25, 0.3) is 0 Å². The number of nitrogens with two attached hydrogens (primary N) is 1. The smallest absolute Gasteiger partial charge is 0.271 e. The third-order valence-electron chi connectivity index (χ3n) is 1.85. The molecule has 1 unspecified atom stereocenters. The maximum atomic E-state index is 11.4. The average Bonchev–Trinajstić information content (AvgIpc) is 2.60. The Hall–Kier alpha value is -1.56. The summed E-state index contributed by atoms with van der Waals surface area (Å²) in [6.45, 7) is 2.30. The van der Waals surface area contributed by atoms with Crippen molar-refractivity contribution >= 4 is 11.6 Å². The number of aromatic amines is 1. The minimum Gasteiger partial charge on any atom is -0.396 e. The Kier molecular flexibility index (Phi) is 3.47. The van der Waals surface area contributed by atoms with Crippen LogP contribution in [0.5, 0.6) is 0 Å². The topological polar surface area (TPSA) is 93.0 Å². The second kappa shape index (κ2) is 4.61. The van der Waals surface area contributed by atoms with Gasteiger partial charge in [0, 0.05) is 13.7 Å². The number of nitrogen functional groups attached to an aromatic ring is 1. The molecule has 0 spiro atoms. The van der Waals surface area contributed by atoms with Crippen LogP contribution >= 0.6 is 0 Å². The minimum atomic E-state index is -0.274. The Morgan fingerprint density at radius 2 is 2.57 bits per heavy atom. The van der Waals surface area contributed by atoms with E-state index in [1.807, 2.05) is 6.92 Å². The van der Waals surface area contributed by atoms with E-state index in [4.69, 9.17) is 10.5 Å². The molecule has 14 heavy (non-hydrogen) atoms. The number of aromatic nitrogens is 2. The Morgan fingerprint density at radius 3 is 3.07 bits per heavy atom. The summed E-state index contributed by atoms with van der Waals surface area (Å²) in [6, 6.07) is 0. The summed E-state index contributed by atoms with van der Waals surface area (Å²) in [5.74, 6) is -0.274. The summed E-state index contributed by atoms with van der Waals surface area (Å²) < 4.78 is 4.98. The van der Waals surface area contributed by atoms with Crippen molar-refractivity contribution in [2.45, 2.75) is 13.0 Å². The van der Waals surface area contributed by atoms with Gasteiger partial charge in [0.1, 0.15) is 5.69 Å². The summed E-state index contributed by atoms with van der Waals surface area (Å²) in [7, 11) is 1.58. The van der Waals surface area contributed by atoms with Gasteiger partial charge in [-0.25, -0.2) is 0 Å². The highest BCUT2D eigenvalue weighted by Crippen LogP contribution is 2.04. The Morgan fingerprint density at radius 1 is 1.86 bits per heavy atom. The van der Waals surface area contributed by atoms with E-state index < -0.39 is 0 Å². The second-order valence-corrected chi connectivity index (χ2v) is 2.96. The van der Waals surface area contributed by atoms with Gasteiger partial charge in [0.2, 0.25) is 0 Å². The fraction of sp³-hybridized carbons (Fsp3) is 0.500. The number of nitrogens with one attached hydrogen (secondary N) is 2. The standard InChI is InChI=1S/C8H14N4O2/c1-5(14-2)3-10-8(13)7-6(9)4-11-12-7/h4-5H,3,9H2,1-2H3,(H,10,13)(H,11,12). The third kappa shape index (κ3) is 2.46. The van der Waals surface area contributed by atoms with E-state index in [0.717, 1.165) is 0 Å². The molecule has 1 amide bonds. The van der Waals surface area contributed by atoms with Gasteiger partial charge in [-0.2, -0.15) is 5.10 Å². The summed E-state index contributed by atoms with van der Waals surface area (Å²) in [5, 5.41) is 8.83. The van der Waals surface area contributed by atoms with Crippen molar-refractivity contribution < 1.29 is 9.53 Å². The average molecular weight is 198 g/mol. The van der Waals surface area contributed by atoms with E-state index >= 15 is 0 Å². The molecule has 1 atom stereocenters. The molecule has 4 N–H and O–H groups in total. The Bertz CT molecular complexity index is 310. The molecular formula is C8H14N4O2. The van der Waals surface area contributed by atoms with Gasteiger partial charge in [0.25, 0.3) is 5.91 Å². The van der Waals surface area contributed by atoms with Crippen LogP contribution in [0.4, 0.5) is 5.69 Å². The van der Waals surface area contributed by atoms with Gasteiger partial charge >= 0.3 is 0 Å². The molecule has 1 heterocycles. The van der Waals surface area contributed by atoms with Crippen LogP contribution in [0.3, 0.4) is 0 Å². The normalized spacial score (nSPS) is 12.4. The zero-order valence-electron chi connectivity index (χ0n) is 8.20. The number of ether oxygens (including phenoxy) is 1. The fourth-order valence-corrected chi connectivity index (χ4v) is 0.885. The second-order valence-electron chi connectivity index (χ2n) is 2.96. The highest BCUT2D eigenvalue weighted by Gasteiger charge is 2.11. The predicted molar refractivity (Wildman–Crippen MR) is 51.8 cm³/mol. The van der Waals surface area contributed by atoms with E-state index in [1.54, 1.807) is 7.11 Å². The van der Waals surface area contributed by atoms with Gasteiger partial charge in [-0.1, -0.05) is 0 Å². The van der Waals surface area contributed by atoms with Gasteiger partial charge in [-0.3, -0.25) is 9.89 Å². The van der Waals surface area contributed by atoms with Gasteiger partial charge < -0.3 is 15.8 Å². The lowest BCUT2D eigenvalue weighted by atomic mass is 10.3. The molecule has 0 aliphatic carbocycles. The summed E-state index contributed by atoms with van der Waals surface area (Å²) in [6.07, 6.45) is 1.37. The van der Waals surface area contributed by atoms with Gasteiger partial charge in [0.15, 0.2) is 0 Å². The van der Waals surface area contributed by atoms with Crippen LogP contribution in [0, 0.1) is 0 Å². The van der Waals surface area contributed by atoms with Crippen molar-refractivity contribution in [3.8, 4) is 0 Å². The molecule has 0 aliphatic heterocycles. The quantitative estimate of drug-likeness (QED) is 0.622. The molecule has 78 valence electrons. The van der Waals surface area contributed by atoms with E-state index in [1.165, 1.54) is 6.20 Å². The molecule has 1 aromatic rings. The summed E-state index contributed by atoms with van der Waals surface area (Å²) in [4.78, 5) is 11.4. The van der Waals surface area contributed by atoms with Crippen molar-refractivity contribution in [3.05, 3.63) is 11.9 Å². The molecular weight excluding hydrogens is 184 g/mol. The maximum absolute atomic E-state index is 11.4. The van der Waals surface area contributed by atoms with Crippen LogP contribution in [-0.2, 0) is 4.74 Å². The maximum Gasteiger partial charge on any atom is 0.271 e. The number of hydrogen-bond donors (Lipinski definition) is 3. The van der Waals surface area contributed by atoms with Crippen molar-refractivity contribution in [1.82, 2.24) is 15.5 Å². The Labute approximate surface area is 81.8 Å². The first-order chi connectivity index (χ1) is 6.65. The van der Waals surface area contributed by atoms with E-state index in [-0.39, 0.29) is 17.7 Å². The molecule has 0 fully saturated rings. The number of methoxy groups -OCH3 is 1. The number of hydrogen-bond acceptors (Lipinski definition) is 4. The number of H-pyrrole nitrogens is 1. The molecule has 0 saturated heterocycles. The molecule has 0 aliphatic rings. The monoisotopic (exact) mass is 198 g/mol. The summed E-state index contributed by atoms with van der Waals surface area (Å²) >= 11 is 0. The first-order valence-corrected chi connectivity index (χ1v) is 4.25. The van der Waals surface area contributed by atoms with Crippen LogP contribution < -0.4 is 11.1 Å². The molecule has 0 bridgehead atoms. The lowest BCUT2D eigenvalue weighted by Gasteiger charge is -2.09. The first-order valence-electron chi connectivity index (χ1n) is 4.25. The van der Waals surface area contributed by atoms with Crippen molar-refractivity contribution in [1.29, 1.82) is 0 Å². The van der Waals surface area contributed by atoms with E-state index in [2.05, 4.69) is 15.5 Å². The van der Waals surface area contributed by atoms with E-state index in [0.29, 0.717) is 12.2 Å². The molecule has 6 nitrogen and oxygen atoms in total. The van der Waals surface area contributed by atoms with Crippen molar-refractivity contribution in [2.75, 3.05) is 19.4 Å². The number of carbonyl (C=O) groups excluding carboxylic acids is 1. The first kappa shape index (κ1) is 10.5. The number of anilines is 1. The molecule has 0 saturated carbocycles. The van der Waals surface area contributed by atoms with Gasteiger partial charge in [-0.15, -0.1) is 0 Å².